The number of carbonyl (C=O) groups is 2. The van der Waals surface area contributed by atoms with Crippen molar-refractivity contribution in [2.45, 2.75) is 23.8 Å². The Morgan fingerprint density at radius 3 is 2.52 bits per heavy atom. The molecule has 0 saturated carbocycles. The first-order valence-corrected chi connectivity index (χ1v) is 7.23. The molecule has 1 heterocycles. The van der Waals surface area contributed by atoms with Gasteiger partial charge in [0.05, 0.1) is 0 Å². The van der Waals surface area contributed by atoms with E-state index in [1.165, 1.54) is 7.11 Å². The van der Waals surface area contributed by atoms with Crippen LogP contribution in [0, 0.1) is 0 Å². The average Bonchev–Trinajstić information content (AvgIpc) is 2.80. The van der Waals surface area contributed by atoms with E-state index >= 15 is 0 Å². The molecule has 0 bridgehead atoms. The number of rotatable bonds is 5. The number of nitrogens with two attached hydrogens (primary N) is 1. The lowest BCUT2D eigenvalue weighted by atomic mass is 10.00. The summed E-state index contributed by atoms with van der Waals surface area (Å²) in [7, 11) is 1.39. The van der Waals surface area contributed by atoms with E-state index in [-0.39, 0.29) is 21.8 Å². The van der Waals surface area contributed by atoms with E-state index in [1.807, 2.05) is 0 Å². The van der Waals surface area contributed by atoms with Crippen molar-refractivity contribution in [3.63, 3.8) is 0 Å². The van der Waals surface area contributed by atoms with Crippen molar-refractivity contribution >= 4 is 57.6 Å². The fraction of sp³-hybridized carbons (Fsp3) is 0.357. The van der Waals surface area contributed by atoms with Gasteiger partial charge in [0.15, 0.2) is 17.7 Å². The number of thiocarbonyl (C=S) groups is 1. The number of esters is 2. The molecule has 4 atom stereocenters. The molecule has 1 fully saturated rings. The summed E-state index contributed by atoms with van der Waals surface area (Å²) in [5.41, 5.74) is 4.59. The minimum atomic E-state index is -1.32. The van der Waals surface area contributed by atoms with Crippen LogP contribution in [0.4, 0.5) is 0 Å². The van der Waals surface area contributed by atoms with Crippen LogP contribution in [0.5, 0.6) is 0 Å². The van der Waals surface area contributed by atoms with Crippen molar-refractivity contribution in [1.82, 2.24) is 0 Å². The smallest absolute Gasteiger partial charge is 0.348 e. The molecular formula is C14H15BrClNO5S. The van der Waals surface area contributed by atoms with Crippen molar-refractivity contribution < 1.29 is 23.8 Å². The van der Waals surface area contributed by atoms with E-state index in [1.54, 1.807) is 30.3 Å². The van der Waals surface area contributed by atoms with Crippen LogP contribution in [-0.4, -0.2) is 41.6 Å². The average molecular weight is 425 g/mol. The van der Waals surface area contributed by atoms with E-state index in [0.717, 1.165) is 0 Å². The molecule has 1 aromatic carbocycles. The molecule has 2 N–H and O–H groups in total. The third kappa shape index (κ3) is 4.48. The molecule has 1 saturated heterocycles. The Morgan fingerprint density at radius 2 is 2.00 bits per heavy atom. The van der Waals surface area contributed by atoms with Gasteiger partial charge in [0.25, 0.3) is 0 Å². The molecule has 9 heteroatoms. The van der Waals surface area contributed by atoms with Gasteiger partial charge in [0, 0.05) is 7.11 Å². The Hall–Kier alpha value is -1.06. The zero-order valence-corrected chi connectivity index (χ0v) is 15.3. The van der Waals surface area contributed by atoms with Gasteiger partial charge >= 0.3 is 11.9 Å². The summed E-state index contributed by atoms with van der Waals surface area (Å²) in [6, 6.07) is 8.76. The van der Waals surface area contributed by atoms with Gasteiger partial charge in [-0.3, -0.25) is 0 Å². The molecule has 0 aromatic heterocycles. The van der Waals surface area contributed by atoms with Crippen LogP contribution in [0.25, 0.3) is 0 Å². The number of methoxy groups -OCH3 is 1. The Kier molecular flexibility index (Phi) is 7.56. The first kappa shape index (κ1) is 20.0. The predicted molar refractivity (Wildman–Crippen MR) is 92.7 cm³/mol. The van der Waals surface area contributed by atoms with E-state index in [0.29, 0.717) is 5.56 Å². The standard InChI is InChI=1S/C14H14ClNO5S.BrH/c1-19-10-9(21-13(17)11(10)22)8(20-14(18)12(15)16)7-5-3-2-4-6-7;/h2-6,8-10,12H,16H2,1H3;1H. The highest BCUT2D eigenvalue weighted by atomic mass is 79.9. The zero-order valence-electron chi connectivity index (χ0n) is 12.0. The van der Waals surface area contributed by atoms with Gasteiger partial charge in [-0.25, -0.2) is 9.59 Å². The minimum absolute atomic E-state index is 0. The van der Waals surface area contributed by atoms with Crippen molar-refractivity contribution in [1.29, 1.82) is 0 Å². The molecule has 1 aromatic rings. The SMILES string of the molecule is Br.COC1C(=S)C(=O)OC1C(OC(=O)C(N)Cl)c1ccccc1. The largest absolute Gasteiger partial charge is 0.451 e. The van der Waals surface area contributed by atoms with Crippen LogP contribution in [0.3, 0.4) is 0 Å². The topological polar surface area (TPSA) is 87.9 Å². The number of ether oxygens (including phenoxy) is 3. The van der Waals surface area contributed by atoms with E-state index in [4.69, 9.17) is 43.8 Å². The highest BCUT2D eigenvalue weighted by molar-refractivity contribution is 8.93. The molecule has 1 aliphatic heterocycles. The first-order chi connectivity index (χ1) is 10.5. The molecule has 0 spiro atoms. The van der Waals surface area contributed by atoms with Crippen LogP contribution >= 0.6 is 40.8 Å². The first-order valence-electron chi connectivity index (χ1n) is 6.38. The molecule has 126 valence electrons. The number of hydrogen-bond acceptors (Lipinski definition) is 7. The van der Waals surface area contributed by atoms with Gasteiger partial charge in [-0.05, 0) is 5.56 Å². The number of alkyl halides is 1. The van der Waals surface area contributed by atoms with Gasteiger partial charge in [-0.2, -0.15) is 0 Å². The zero-order chi connectivity index (χ0) is 16.3. The van der Waals surface area contributed by atoms with Crippen LogP contribution in [-0.2, 0) is 23.8 Å². The molecule has 0 aliphatic carbocycles. The maximum Gasteiger partial charge on any atom is 0.348 e. The van der Waals surface area contributed by atoms with Gasteiger partial charge in [0.1, 0.15) is 11.0 Å². The van der Waals surface area contributed by atoms with Crippen LogP contribution < -0.4 is 5.73 Å². The molecule has 4 unspecified atom stereocenters. The number of cyclic esters (lactones) is 1. The molecule has 0 amide bonds. The van der Waals surface area contributed by atoms with Gasteiger partial charge in [-0.15, -0.1) is 17.0 Å². The van der Waals surface area contributed by atoms with Gasteiger partial charge in [-0.1, -0.05) is 54.2 Å². The second kappa shape index (κ2) is 8.70. The van der Waals surface area contributed by atoms with E-state index < -0.39 is 35.8 Å². The Labute approximate surface area is 154 Å². The van der Waals surface area contributed by atoms with Crippen molar-refractivity contribution in [3.8, 4) is 0 Å². The molecule has 23 heavy (non-hydrogen) atoms. The van der Waals surface area contributed by atoms with Gasteiger partial charge in [0.2, 0.25) is 0 Å². The Bertz CT molecular complexity index is 586. The summed E-state index contributed by atoms with van der Waals surface area (Å²) in [6.45, 7) is 0. The second-order valence-electron chi connectivity index (χ2n) is 4.56. The Balaban J connectivity index is 0.00000264. The van der Waals surface area contributed by atoms with Crippen molar-refractivity contribution in [3.05, 3.63) is 35.9 Å². The number of hydrogen-bond donors (Lipinski definition) is 1. The lowest BCUT2D eigenvalue weighted by Gasteiger charge is -2.26. The van der Waals surface area contributed by atoms with Crippen molar-refractivity contribution in [2.24, 2.45) is 5.73 Å². The fourth-order valence-electron chi connectivity index (χ4n) is 2.13. The highest BCUT2D eigenvalue weighted by Crippen LogP contribution is 2.32. The predicted octanol–water partition coefficient (Wildman–Crippen LogP) is 1.68. The summed E-state index contributed by atoms with van der Waals surface area (Å²) in [5.74, 6) is -1.50. The molecule has 1 aliphatic rings. The number of halogens is 2. The van der Waals surface area contributed by atoms with Crippen LogP contribution in [0.1, 0.15) is 11.7 Å². The van der Waals surface area contributed by atoms with Crippen molar-refractivity contribution in [2.75, 3.05) is 7.11 Å². The summed E-state index contributed by atoms with van der Waals surface area (Å²) < 4.78 is 15.7. The van der Waals surface area contributed by atoms with E-state index in [9.17, 15) is 9.59 Å². The Morgan fingerprint density at radius 1 is 1.39 bits per heavy atom. The van der Waals surface area contributed by atoms with Gasteiger partial charge < -0.3 is 19.9 Å². The minimum Gasteiger partial charge on any atom is -0.451 e. The number of benzene rings is 1. The lowest BCUT2D eigenvalue weighted by molar-refractivity contribution is -0.165. The molecule has 0 radical (unpaired) electrons. The fourth-order valence-corrected chi connectivity index (χ4v) is 2.46. The molecular weight excluding hydrogens is 410 g/mol. The lowest BCUT2D eigenvalue weighted by Crippen LogP contribution is -2.38. The highest BCUT2D eigenvalue weighted by Gasteiger charge is 2.47. The van der Waals surface area contributed by atoms with E-state index in [2.05, 4.69) is 0 Å². The third-order valence-corrected chi connectivity index (χ3v) is 3.73. The maximum absolute atomic E-state index is 11.7. The summed E-state index contributed by atoms with van der Waals surface area (Å²) >= 11 is 10.5. The third-order valence-electron chi connectivity index (χ3n) is 3.15. The van der Waals surface area contributed by atoms with Crippen LogP contribution in [0.2, 0.25) is 0 Å². The molecule has 6 nitrogen and oxygen atoms in total. The second-order valence-corrected chi connectivity index (χ2v) is 5.47. The maximum atomic E-state index is 11.7. The van der Waals surface area contributed by atoms with Crippen LogP contribution in [0.15, 0.2) is 30.3 Å². The summed E-state index contributed by atoms with van der Waals surface area (Å²) in [6.07, 6.45) is -2.62. The quantitative estimate of drug-likeness (QED) is 0.333. The normalized spacial score (nSPS) is 22.7. The monoisotopic (exact) mass is 423 g/mol. The summed E-state index contributed by atoms with van der Waals surface area (Å²) in [4.78, 5) is 23.4. The summed E-state index contributed by atoms with van der Waals surface area (Å²) in [5, 5.41) is 0. The number of carbonyl (C=O) groups excluding carboxylic acids is 2. The molecule has 2 rings (SSSR count).